The Labute approximate surface area is 206 Å². The molecule has 0 spiro atoms. The van der Waals surface area contributed by atoms with Gasteiger partial charge in [-0.25, -0.2) is 4.98 Å². The molecule has 1 unspecified atom stereocenters. The van der Waals surface area contributed by atoms with Crippen LogP contribution in [0.5, 0.6) is 0 Å². The van der Waals surface area contributed by atoms with Crippen LogP contribution >= 0.6 is 0 Å². The molecule has 2 aromatic heterocycles. The van der Waals surface area contributed by atoms with Gasteiger partial charge in [0.05, 0.1) is 22.2 Å². The molecule has 180 valence electrons. The van der Waals surface area contributed by atoms with E-state index in [4.69, 9.17) is 0 Å². The first kappa shape index (κ1) is 23.0. The van der Waals surface area contributed by atoms with Gasteiger partial charge in [0.15, 0.2) is 5.76 Å². The molecule has 1 saturated heterocycles. The quantitative estimate of drug-likeness (QED) is 0.145. The lowest BCUT2D eigenvalue weighted by molar-refractivity contribution is -0.384. The Kier molecular flexibility index (Phi) is 5.81. The lowest BCUT2D eigenvalue weighted by Crippen LogP contribution is -2.31. The van der Waals surface area contributed by atoms with Crippen molar-refractivity contribution in [3.05, 3.63) is 117 Å². The van der Waals surface area contributed by atoms with Crippen LogP contribution in [0, 0.1) is 17.0 Å². The van der Waals surface area contributed by atoms with E-state index < -0.39 is 22.7 Å². The minimum atomic E-state index is -0.914. The number of aryl methyl sites for hydroxylation is 1. The van der Waals surface area contributed by atoms with Crippen LogP contribution in [0.1, 0.15) is 28.6 Å². The van der Waals surface area contributed by atoms with Crippen LogP contribution in [0.4, 0.5) is 5.69 Å². The fraction of sp³-hybridized carbons (Fsp3) is 0.148. The van der Waals surface area contributed by atoms with E-state index >= 15 is 0 Å². The second kappa shape index (κ2) is 9.10. The largest absolute Gasteiger partial charge is 0.505 e. The number of likely N-dealkylation sites (tertiary alicyclic amines) is 1. The maximum absolute atomic E-state index is 13.3. The van der Waals surface area contributed by atoms with E-state index in [9.17, 15) is 24.8 Å². The van der Waals surface area contributed by atoms with Gasteiger partial charge in [0.1, 0.15) is 11.3 Å². The summed E-state index contributed by atoms with van der Waals surface area (Å²) in [7, 11) is 0. The normalized spacial score (nSPS) is 17.1. The monoisotopic (exact) mass is 482 g/mol. The summed E-state index contributed by atoms with van der Waals surface area (Å²) >= 11 is 0. The van der Waals surface area contributed by atoms with Crippen molar-refractivity contribution in [1.82, 2.24) is 14.3 Å². The molecule has 5 rings (SSSR count). The van der Waals surface area contributed by atoms with Gasteiger partial charge in [-0.1, -0.05) is 36.4 Å². The number of amides is 1. The van der Waals surface area contributed by atoms with Crippen LogP contribution in [-0.4, -0.2) is 42.5 Å². The average molecular weight is 482 g/mol. The third-order valence-electron chi connectivity index (χ3n) is 6.37. The summed E-state index contributed by atoms with van der Waals surface area (Å²) in [5, 5.41) is 22.6. The Bertz CT molecular complexity index is 1520. The van der Waals surface area contributed by atoms with Crippen molar-refractivity contribution in [2.45, 2.75) is 19.4 Å². The lowest BCUT2D eigenvalue weighted by atomic mass is 9.96. The van der Waals surface area contributed by atoms with Crippen molar-refractivity contribution in [2.75, 3.05) is 6.54 Å². The number of aromatic nitrogens is 2. The molecule has 1 N–H and O–H groups in total. The maximum Gasteiger partial charge on any atom is 0.295 e. The summed E-state index contributed by atoms with van der Waals surface area (Å²) in [4.78, 5) is 43.1. The Morgan fingerprint density at radius 1 is 1.03 bits per heavy atom. The number of pyridine rings is 1. The Balaban J connectivity index is 1.65. The summed E-state index contributed by atoms with van der Waals surface area (Å²) < 4.78 is 1.66. The van der Waals surface area contributed by atoms with Crippen molar-refractivity contribution < 1.29 is 19.6 Å². The van der Waals surface area contributed by atoms with E-state index in [0.717, 1.165) is 5.56 Å². The SMILES string of the molecule is Cc1nc2ccccn2c1/C(O)=C1\C(=O)C(=O)N(CCc2ccccc2)C1c1ccc([N+](=O)[O-])cc1. The van der Waals surface area contributed by atoms with E-state index in [1.54, 1.807) is 29.7 Å². The minimum Gasteiger partial charge on any atom is -0.505 e. The number of benzene rings is 2. The second-order valence-corrected chi connectivity index (χ2v) is 8.55. The smallest absolute Gasteiger partial charge is 0.295 e. The van der Waals surface area contributed by atoms with Gasteiger partial charge < -0.3 is 10.0 Å². The maximum atomic E-state index is 13.3. The molecule has 0 saturated carbocycles. The van der Waals surface area contributed by atoms with Crippen molar-refractivity contribution in [3.8, 4) is 0 Å². The molecule has 4 aromatic rings. The number of rotatable bonds is 6. The highest BCUT2D eigenvalue weighted by Crippen LogP contribution is 2.40. The number of carbonyl (C=O) groups excluding carboxylic acids is 2. The third-order valence-corrected chi connectivity index (χ3v) is 6.37. The second-order valence-electron chi connectivity index (χ2n) is 8.55. The lowest BCUT2D eigenvalue weighted by Gasteiger charge is -2.25. The number of imidazole rings is 1. The molecule has 0 aliphatic carbocycles. The topological polar surface area (TPSA) is 118 Å². The highest BCUT2D eigenvalue weighted by atomic mass is 16.6. The number of nitrogens with zero attached hydrogens (tertiary/aromatic N) is 4. The molecule has 9 heteroatoms. The molecule has 36 heavy (non-hydrogen) atoms. The number of nitro groups is 1. The van der Waals surface area contributed by atoms with Crippen LogP contribution in [0.25, 0.3) is 11.4 Å². The minimum absolute atomic E-state index is 0.0735. The molecular weight excluding hydrogens is 460 g/mol. The van der Waals surface area contributed by atoms with Gasteiger partial charge in [-0.05, 0) is 48.7 Å². The molecule has 1 aliphatic rings. The van der Waals surface area contributed by atoms with Crippen LogP contribution in [0.15, 0.2) is 84.6 Å². The van der Waals surface area contributed by atoms with Crippen LogP contribution < -0.4 is 0 Å². The fourth-order valence-corrected chi connectivity index (χ4v) is 4.66. The number of carbonyl (C=O) groups is 2. The Morgan fingerprint density at radius 2 is 1.72 bits per heavy atom. The molecule has 1 fully saturated rings. The summed E-state index contributed by atoms with van der Waals surface area (Å²) in [6.07, 6.45) is 2.21. The van der Waals surface area contributed by atoms with E-state index in [2.05, 4.69) is 4.98 Å². The van der Waals surface area contributed by atoms with Crippen molar-refractivity contribution in [1.29, 1.82) is 0 Å². The first-order valence-electron chi connectivity index (χ1n) is 11.4. The molecule has 0 bridgehead atoms. The number of ketones is 1. The molecule has 0 radical (unpaired) electrons. The van der Waals surface area contributed by atoms with Gasteiger partial charge in [0, 0.05) is 24.9 Å². The van der Waals surface area contributed by atoms with Gasteiger partial charge in [0.25, 0.3) is 17.4 Å². The first-order valence-corrected chi connectivity index (χ1v) is 11.4. The number of hydrogen-bond acceptors (Lipinski definition) is 6. The summed E-state index contributed by atoms with van der Waals surface area (Å²) in [6.45, 7) is 1.94. The number of fused-ring (bicyclic) bond motifs is 1. The molecule has 3 heterocycles. The summed E-state index contributed by atoms with van der Waals surface area (Å²) in [5.74, 6) is -1.88. The zero-order valence-corrected chi connectivity index (χ0v) is 19.4. The highest BCUT2D eigenvalue weighted by Gasteiger charge is 2.46. The van der Waals surface area contributed by atoms with Gasteiger partial charge in [-0.15, -0.1) is 0 Å². The summed E-state index contributed by atoms with van der Waals surface area (Å²) in [5.41, 5.74) is 2.69. The van der Waals surface area contributed by atoms with Crippen molar-refractivity contribution in [2.24, 2.45) is 0 Å². The van der Waals surface area contributed by atoms with Gasteiger partial charge in [-0.2, -0.15) is 0 Å². The van der Waals surface area contributed by atoms with E-state index in [1.807, 2.05) is 36.4 Å². The number of nitro benzene ring substituents is 1. The van der Waals surface area contributed by atoms with Crippen molar-refractivity contribution in [3.63, 3.8) is 0 Å². The zero-order valence-electron chi connectivity index (χ0n) is 19.4. The Hall–Kier alpha value is -4.79. The molecule has 2 aromatic carbocycles. The zero-order chi connectivity index (χ0) is 25.4. The third kappa shape index (κ3) is 3.90. The van der Waals surface area contributed by atoms with Crippen molar-refractivity contribution >= 4 is 28.8 Å². The number of aliphatic hydroxyl groups is 1. The average Bonchev–Trinajstić information content (AvgIpc) is 3.35. The number of non-ortho nitro benzene ring substituents is 1. The van der Waals surface area contributed by atoms with Crippen LogP contribution in [0.3, 0.4) is 0 Å². The Morgan fingerprint density at radius 3 is 2.42 bits per heavy atom. The molecular formula is C27H22N4O5. The number of hydrogen-bond donors (Lipinski definition) is 1. The molecule has 1 aliphatic heterocycles. The van der Waals surface area contributed by atoms with Gasteiger partial charge >= 0.3 is 0 Å². The summed E-state index contributed by atoms with van der Waals surface area (Å²) in [6, 6.07) is 19.7. The highest BCUT2D eigenvalue weighted by molar-refractivity contribution is 6.46. The molecule has 1 atom stereocenters. The molecule has 1 amide bonds. The number of Topliss-reactive ketones (excluding diaryl/α,β-unsaturated/α-hetero) is 1. The van der Waals surface area contributed by atoms with Gasteiger partial charge in [-0.3, -0.25) is 24.1 Å². The predicted molar refractivity (Wildman–Crippen MR) is 132 cm³/mol. The van der Waals surface area contributed by atoms with E-state index in [-0.39, 0.29) is 23.6 Å². The van der Waals surface area contributed by atoms with E-state index in [0.29, 0.717) is 29.0 Å². The van der Waals surface area contributed by atoms with Crippen LogP contribution in [0.2, 0.25) is 0 Å². The first-order chi connectivity index (χ1) is 17.4. The van der Waals surface area contributed by atoms with E-state index in [1.165, 1.54) is 29.2 Å². The molecule has 9 nitrogen and oxygen atoms in total. The van der Waals surface area contributed by atoms with Crippen LogP contribution in [-0.2, 0) is 16.0 Å². The number of aliphatic hydroxyl groups excluding tert-OH is 1. The predicted octanol–water partition coefficient (Wildman–Crippen LogP) is 4.22. The van der Waals surface area contributed by atoms with Gasteiger partial charge in [0.2, 0.25) is 0 Å². The fourth-order valence-electron chi connectivity index (χ4n) is 4.66. The standard InChI is InChI=1S/C27H22N4O5/c1-17-23(29-15-6-5-9-21(29)28-17)25(32)22-24(19-10-12-20(13-11-19)31(35)36)30(27(34)26(22)33)16-14-18-7-3-2-4-8-18/h2-13,15,24,32H,14,16H2,1H3/b25-22+.